The fourth-order valence-electron chi connectivity index (χ4n) is 3.58. The first-order valence-corrected chi connectivity index (χ1v) is 9.27. The Bertz CT molecular complexity index is 719. The van der Waals surface area contributed by atoms with Gasteiger partial charge in [-0.1, -0.05) is 25.0 Å². The molecule has 6 heteroatoms. The number of rotatable bonds is 7. The molecule has 0 saturated heterocycles. The molecular formula is C20H26N4O2. The van der Waals surface area contributed by atoms with Gasteiger partial charge in [0.15, 0.2) is 0 Å². The normalized spacial score (nSPS) is 15.6. The van der Waals surface area contributed by atoms with E-state index in [1.165, 1.54) is 6.92 Å². The molecule has 1 atom stereocenters. The topological polar surface area (TPSA) is 76.0 Å². The zero-order valence-electron chi connectivity index (χ0n) is 15.1. The highest BCUT2D eigenvalue weighted by atomic mass is 16.2. The third kappa shape index (κ3) is 4.71. The van der Waals surface area contributed by atoms with Crippen LogP contribution in [0.2, 0.25) is 0 Å². The molecule has 6 nitrogen and oxygen atoms in total. The van der Waals surface area contributed by atoms with Crippen molar-refractivity contribution in [2.24, 2.45) is 5.92 Å². The van der Waals surface area contributed by atoms with Crippen molar-refractivity contribution in [1.29, 1.82) is 0 Å². The van der Waals surface area contributed by atoms with E-state index in [2.05, 4.69) is 15.7 Å². The van der Waals surface area contributed by atoms with E-state index in [1.807, 2.05) is 41.2 Å². The van der Waals surface area contributed by atoms with Crippen LogP contribution in [0.4, 0.5) is 0 Å². The number of benzene rings is 1. The molecule has 1 unspecified atom stereocenters. The molecule has 0 bridgehead atoms. The lowest BCUT2D eigenvalue weighted by molar-refractivity contribution is -0.129. The lowest BCUT2D eigenvalue weighted by Crippen LogP contribution is -2.50. The summed E-state index contributed by atoms with van der Waals surface area (Å²) in [7, 11) is 0. The molecule has 1 heterocycles. The second-order valence-corrected chi connectivity index (χ2v) is 6.88. The molecule has 1 aliphatic rings. The Morgan fingerprint density at radius 2 is 1.96 bits per heavy atom. The van der Waals surface area contributed by atoms with Crippen LogP contribution in [-0.4, -0.2) is 34.2 Å². The van der Waals surface area contributed by atoms with Gasteiger partial charge < -0.3 is 10.6 Å². The van der Waals surface area contributed by atoms with Crippen LogP contribution in [0, 0.1) is 5.92 Å². The van der Waals surface area contributed by atoms with Crippen molar-refractivity contribution in [2.75, 3.05) is 6.54 Å². The summed E-state index contributed by atoms with van der Waals surface area (Å²) in [6, 6.07) is 9.61. The molecule has 138 valence electrons. The van der Waals surface area contributed by atoms with E-state index < -0.39 is 6.04 Å². The first kappa shape index (κ1) is 18.2. The van der Waals surface area contributed by atoms with Crippen molar-refractivity contribution in [3.8, 4) is 5.69 Å². The Labute approximate surface area is 154 Å². The van der Waals surface area contributed by atoms with Crippen LogP contribution in [0.3, 0.4) is 0 Å². The lowest BCUT2D eigenvalue weighted by atomic mass is 9.97. The Kier molecular flexibility index (Phi) is 6.04. The van der Waals surface area contributed by atoms with Crippen molar-refractivity contribution < 1.29 is 9.59 Å². The predicted molar refractivity (Wildman–Crippen MR) is 99.8 cm³/mol. The Hall–Kier alpha value is -2.63. The van der Waals surface area contributed by atoms with Crippen LogP contribution in [0.15, 0.2) is 42.7 Å². The summed E-state index contributed by atoms with van der Waals surface area (Å²) in [5.74, 6) is 0.0405. The Morgan fingerprint density at radius 1 is 1.23 bits per heavy atom. The highest BCUT2D eigenvalue weighted by Crippen LogP contribution is 2.27. The highest BCUT2D eigenvalue weighted by molar-refractivity contribution is 5.87. The average molecular weight is 354 g/mol. The van der Waals surface area contributed by atoms with Gasteiger partial charge in [-0.15, -0.1) is 0 Å². The summed E-state index contributed by atoms with van der Waals surface area (Å²) in [5, 5.41) is 10.0. The number of carbonyl (C=O) groups excluding carboxylic acids is 2. The molecule has 1 fully saturated rings. The SMILES string of the molecule is CC(=O)NC(C(=O)NCCc1ccc(-n2cccn2)cc1)C1CCCC1. The van der Waals surface area contributed by atoms with Gasteiger partial charge in [-0.3, -0.25) is 9.59 Å². The maximum atomic E-state index is 12.5. The van der Waals surface area contributed by atoms with Crippen molar-refractivity contribution in [2.45, 2.75) is 45.1 Å². The third-order valence-electron chi connectivity index (χ3n) is 4.93. The molecule has 1 aromatic carbocycles. The smallest absolute Gasteiger partial charge is 0.242 e. The second kappa shape index (κ2) is 8.65. The summed E-state index contributed by atoms with van der Waals surface area (Å²) in [6.07, 6.45) is 8.69. The van der Waals surface area contributed by atoms with Gasteiger partial charge in [0.1, 0.15) is 6.04 Å². The molecule has 3 rings (SSSR count). The van der Waals surface area contributed by atoms with Crippen LogP contribution < -0.4 is 10.6 Å². The van der Waals surface area contributed by atoms with Gasteiger partial charge in [0.25, 0.3) is 0 Å². The van der Waals surface area contributed by atoms with E-state index in [1.54, 1.807) is 6.20 Å². The van der Waals surface area contributed by atoms with E-state index >= 15 is 0 Å². The monoisotopic (exact) mass is 354 g/mol. The minimum absolute atomic E-state index is 0.0692. The minimum atomic E-state index is -0.405. The number of hydrogen-bond donors (Lipinski definition) is 2. The van der Waals surface area contributed by atoms with Crippen molar-refractivity contribution >= 4 is 11.8 Å². The standard InChI is InChI=1S/C20H26N4O2/c1-15(25)23-19(17-5-2-3-6-17)20(26)21-13-11-16-7-9-18(10-8-16)24-14-4-12-22-24/h4,7-10,12,14,17,19H,2-3,5-6,11,13H2,1H3,(H,21,26)(H,23,25). The van der Waals surface area contributed by atoms with Crippen LogP contribution in [0.1, 0.15) is 38.2 Å². The Morgan fingerprint density at radius 3 is 2.58 bits per heavy atom. The van der Waals surface area contributed by atoms with Crippen molar-refractivity contribution in [3.63, 3.8) is 0 Å². The summed E-state index contributed by atoms with van der Waals surface area (Å²) < 4.78 is 1.81. The van der Waals surface area contributed by atoms with Gasteiger partial charge in [0.2, 0.25) is 11.8 Å². The lowest BCUT2D eigenvalue weighted by Gasteiger charge is -2.23. The molecule has 1 aliphatic carbocycles. The van der Waals surface area contributed by atoms with E-state index in [0.29, 0.717) is 6.54 Å². The van der Waals surface area contributed by atoms with E-state index in [4.69, 9.17) is 0 Å². The van der Waals surface area contributed by atoms with Gasteiger partial charge in [0, 0.05) is 25.9 Å². The quantitative estimate of drug-likeness (QED) is 0.800. The number of nitrogens with zero attached hydrogens (tertiary/aromatic N) is 2. The fraction of sp³-hybridized carbons (Fsp3) is 0.450. The number of nitrogens with one attached hydrogen (secondary N) is 2. The van der Waals surface area contributed by atoms with Crippen LogP contribution >= 0.6 is 0 Å². The molecule has 0 aliphatic heterocycles. The van der Waals surface area contributed by atoms with Crippen LogP contribution in [0.5, 0.6) is 0 Å². The van der Waals surface area contributed by atoms with Gasteiger partial charge in [-0.25, -0.2) is 4.68 Å². The third-order valence-corrected chi connectivity index (χ3v) is 4.93. The summed E-state index contributed by atoms with van der Waals surface area (Å²) >= 11 is 0. The molecule has 0 spiro atoms. The molecule has 1 aromatic heterocycles. The number of aromatic nitrogens is 2. The summed E-state index contributed by atoms with van der Waals surface area (Å²) in [5.41, 5.74) is 2.16. The van der Waals surface area contributed by atoms with Gasteiger partial charge in [-0.2, -0.15) is 5.10 Å². The predicted octanol–water partition coefficient (Wildman–Crippen LogP) is 2.23. The van der Waals surface area contributed by atoms with Gasteiger partial charge in [0.05, 0.1) is 5.69 Å². The molecule has 0 radical (unpaired) electrons. The average Bonchev–Trinajstić information content (AvgIpc) is 3.34. The van der Waals surface area contributed by atoms with Gasteiger partial charge >= 0.3 is 0 Å². The maximum absolute atomic E-state index is 12.5. The summed E-state index contributed by atoms with van der Waals surface area (Å²) in [4.78, 5) is 24.0. The number of amides is 2. The first-order valence-electron chi connectivity index (χ1n) is 9.27. The van der Waals surface area contributed by atoms with E-state index in [-0.39, 0.29) is 17.7 Å². The number of carbonyl (C=O) groups is 2. The fourth-order valence-corrected chi connectivity index (χ4v) is 3.58. The van der Waals surface area contributed by atoms with Crippen molar-refractivity contribution in [3.05, 3.63) is 48.3 Å². The zero-order valence-corrected chi connectivity index (χ0v) is 15.1. The number of hydrogen-bond acceptors (Lipinski definition) is 3. The minimum Gasteiger partial charge on any atom is -0.354 e. The molecule has 2 N–H and O–H groups in total. The second-order valence-electron chi connectivity index (χ2n) is 6.88. The first-order chi connectivity index (χ1) is 12.6. The van der Waals surface area contributed by atoms with Gasteiger partial charge in [-0.05, 0) is 48.9 Å². The largest absolute Gasteiger partial charge is 0.354 e. The van der Waals surface area contributed by atoms with Crippen LogP contribution in [-0.2, 0) is 16.0 Å². The maximum Gasteiger partial charge on any atom is 0.242 e. The summed E-state index contributed by atoms with van der Waals surface area (Å²) in [6.45, 7) is 2.03. The zero-order chi connectivity index (χ0) is 18.4. The van der Waals surface area contributed by atoms with Crippen LogP contribution in [0.25, 0.3) is 5.69 Å². The molecule has 26 heavy (non-hydrogen) atoms. The van der Waals surface area contributed by atoms with E-state index in [0.717, 1.165) is 43.4 Å². The molecule has 1 saturated carbocycles. The Balaban J connectivity index is 1.51. The van der Waals surface area contributed by atoms with Crippen molar-refractivity contribution in [1.82, 2.24) is 20.4 Å². The molecule has 2 amide bonds. The molecule has 2 aromatic rings. The molecular weight excluding hydrogens is 328 g/mol. The highest BCUT2D eigenvalue weighted by Gasteiger charge is 2.30. The van der Waals surface area contributed by atoms with E-state index in [9.17, 15) is 9.59 Å².